The van der Waals surface area contributed by atoms with Crippen LogP contribution < -0.4 is 5.32 Å². The minimum atomic E-state index is -5.23. The first-order valence-electron chi connectivity index (χ1n) is 8.42. The van der Waals surface area contributed by atoms with Crippen LogP contribution in [-0.4, -0.2) is 40.9 Å². The third kappa shape index (κ3) is 3.63. The van der Waals surface area contributed by atoms with Crippen LogP contribution in [-0.2, 0) is 4.79 Å². The molecule has 0 saturated heterocycles. The minimum absolute atomic E-state index is 0.239. The molecule has 1 aliphatic heterocycles. The van der Waals surface area contributed by atoms with Crippen LogP contribution >= 0.6 is 0 Å². The smallest absolute Gasteiger partial charge is 0.312 e. The van der Waals surface area contributed by atoms with Gasteiger partial charge in [-0.2, -0.15) is 13.2 Å². The van der Waals surface area contributed by atoms with E-state index in [1.54, 1.807) is 23.5 Å². The van der Waals surface area contributed by atoms with E-state index in [0.717, 1.165) is 29.2 Å². The molecule has 9 heteroatoms. The van der Waals surface area contributed by atoms with Gasteiger partial charge in [0.05, 0.1) is 0 Å². The maximum Gasteiger partial charge on any atom is 0.442 e. The Morgan fingerprint density at radius 3 is 2.31 bits per heavy atom. The molecule has 1 atom stereocenters. The number of hydrogen-bond acceptors (Lipinski definition) is 3. The van der Waals surface area contributed by atoms with Crippen molar-refractivity contribution in [2.45, 2.75) is 11.8 Å². The van der Waals surface area contributed by atoms with Crippen LogP contribution in [0.25, 0.3) is 0 Å². The number of amides is 2. The number of aliphatic imine (C=N–C) groups is 1. The highest BCUT2D eigenvalue weighted by Crippen LogP contribution is 2.38. The van der Waals surface area contributed by atoms with Crippen LogP contribution in [0, 0.1) is 5.82 Å². The molecule has 0 unspecified atom stereocenters. The highest BCUT2D eigenvalue weighted by atomic mass is 19.4. The van der Waals surface area contributed by atoms with Crippen molar-refractivity contribution in [3.05, 3.63) is 84.2 Å². The minimum Gasteiger partial charge on any atom is -0.312 e. The summed E-state index contributed by atoms with van der Waals surface area (Å²) in [6.45, 7) is 3.22. The molecule has 0 saturated carbocycles. The monoisotopic (exact) mass is 405 g/mol. The van der Waals surface area contributed by atoms with Gasteiger partial charge >= 0.3 is 11.8 Å². The average molecular weight is 405 g/mol. The number of alkyl halides is 3. The number of rotatable bonds is 5. The van der Waals surface area contributed by atoms with Gasteiger partial charge < -0.3 is 5.32 Å². The first kappa shape index (κ1) is 20.2. The fourth-order valence-corrected chi connectivity index (χ4v) is 2.84. The Hall–Kier alpha value is -3.49. The molecule has 0 radical (unpaired) electrons. The molecule has 29 heavy (non-hydrogen) atoms. The fourth-order valence-electron chi connectivity index (χ4n) is 2.84. The second-order valence-corrected chi connectivity index (χ2v) is 6.18. The summed E-state index contributed by atoms with van der Waals surface area (Å²) in [6.07, 6.45) is -3.97. The zero-order valence-corrected chi connectivity index (χ0v) is 14.9. The van der Waals surface area contributed by atoms with Crippen molar-refractivity contribution < 1.29 is 27.2 Å². The number of carbonyl (C=O) groups is 2. The standard InChI is InChI=1S/C20H15F4N3O2/c1-2-12-27-16(13-6-4-3-5-7-13)25-19(18(27)29,20(22,23)24)26-17(28)14-8-10-15(21)11-9-14/h2-11H,1,12H2,(H,26,28)/t19-/m0/s1. The van der Waals surface area contributed by atoms with Crippen LogP contribution in [0.1, 0.15) is 15.9 Å². The van der Waals surface area contributed by atoms with Gasteiger partial charge in [-0.25, -0.2) is 9.38 Å². The molecular formula is C20H15F4N3O2. The molecule has 0 aliphatic carbocycles. The number of nitrogens with zero attached hydrogens (tertiary/aromatic N) is 2. The van der Waals surface area contributed by atoms with Crippen molar-refractivity contribution in [2.75, 3.05) is 6.54 Å². The summed E-state index contributed by atoms with van der Waals surface area (Å²) in [5, 5.41) is 1.71. The molecule has 1 N–H and O–H groups in total. The van der Waals surface area contributed by atoms with E-state index in [1.165, 1.54) is 18.2 Å². The van der Waals surface area contributed by atoms with E-state index in [2.05, 4.69) is 11.6 Å². The fraction of sp³-hybridized carbons (Fsp3) is 0.150. The van der Waals surface area contributed by atoms with Gasteiger partial charge in [-0.1, -0.05) is 36.4 Å². The summed E-state index contributed by atoms with van der Waals surface area (Å²) < 4.78 is 55.2. The van der Waals surface area contributed by atoms with Gasteiger partial charge in [-0.05, 0) is 24.3 Å². The lowest BCUT2D eigenvalue weighted by molar-refractivity contribution is -0.196. The van der Waals surface area contributed by atoms with Crippen molar-refractivity contribution in [3.8, 4) is 0 Å². The van der Waals surface area contributed by atoms with E-state index in [1.807, 2.05) is 0 Å². The van der Waals surface area contributed by atoms with Crippen molar-refractivity contribution in [1.29, 1.82) is 0 Å². The molecule has 150 valence electrons. The van der Waals surface area contributed by atoms with Crippen LogP contribution in [0.4, 0.5) is 17.6 Å². The van der Waals surface area contributed by atoms with Gasteiger partial charge in [0, 0.05) is 17.7 Å². The van der Waals surface area contributed by atoms with Gasteiger partial charge in [0.15, 0.2) is 0 Å². The van der Waals surface area contributed by atoms with Crippen LogP contribution in [0.2, 0.25) is 0 Å². The largest absolute Gasteiger partial charge is 0.442 e. The summed E-state index contributed by atoms with van der Waals surface area (Å²) in [6, 6.07) is 11.7. The van der Waals surface area contributed by atoms with E-state index in [9.17, 15) is 27.2 Å². The number of benzene rings is 2. The second kappa shape index (κ2) is 7.50. The highest BCUT2D eigenvalue weighted by Gasteiger charge is 2.67. The highest BCUT2D eigenvalue weighted by molar-refractivity contribution is 6.16. The summed E-state index contributed by atoms with van der Waals surface area (Å²) in [7, 11) is 0. The molecular weight excluding hydrogens is 390 g/mol. The predicted molar refractivity (Wildman–Crippen MR) is 97.5 cm³/mol. The number of halogens is 4. The van der Waals surface area contributed by atoms with E-state index < -0.39 is 29.5 Å². The first-order chi connectivity index (χ1) is 13.7. The van der Waals surface area contributed by atoms with Crippen molar-refractivity contribution >= 4 is 17.6 Å². The lowest BCUT2D eigenvalue weighted by atomic mass is 10.1. The third-order valence-electron chi connectivity index (χ3n) is 4.24. The zero-order valence-electron chi connectivity index (χ0n) is 14.9. The zero-order chi connectivity index (χ0) is 21.2. The lowest BCUT2D eigenvalue weighted by Gasteiger charge is -2.28. The SMILES string of the molecule is C=CCN1C(=O)[C@](NC(=O)c2ccc(F)cc2)(C(F)(F)F)N=C1c1ccccc1. The Morgan fingerprint density at radius 2 is 1.76 bits per heavy atom. The molecule has 3 rings (SSSR count). The Kier molecular flexibility index (Phi) is 5.23. The summed E-state index contributed by atoms with van der Waals surface area (Å²) >= 11 is 0. The quantitative estimate of drug-likeness (QED) is 0.613. The maximum absolute atomic E-state index is 14.1. The van der Waals surface area contributed by atoms with Gasteiger partial charge in [0.2, 0.25) is 0 Å². The molecule has 0 aromatic heterocycles. The van der Waals surface area contributed by atoms with Crippen molar-refractivity contribution in [3.63, 3.8) is 0 Å². The Morgan fingerprint density at radius 1 is 1.14 bits per heavy atom. The molecule has 5 nitrogen and oxygen atoms in total. The average Bonchev–Trinajstić information content (AvgIpc) is 2.96. The molecule has 1 aliphatic rings. The van der Waals surface area contributed by atoms with E-state index in [0.29, 0.717) is 0 Å². The Bertz CT molecular complexity index is 971. The molecule has 0 fully saturated rings. The Labute approximate surface area is 163 Å². The second-order valence-electron chi connectivity index (χ2n) is 6.18. The Balaban J connectivity index is 2.09. The first-order valence-corrected chi connectivity index (χ1v) is 8.42. The summed E-state index contributed by atoms with van der Waals surface area (Å²) in [4.78, 5) is 29.7. The van der Waals surface area contributed by atoms with E-state index in [-0.39, 0.29) is 23.5 Å². The lowest BCUT2D eigenvalue weighted by Crippen LogP contribution is -2.63. The van der Waals surface area contributed by atoms with Gasteiger partial charge in [0.25, 0.3) is 11.8 Å². The van der Waals surface area contributed by atoms with Gasteiger partial charge in [-0.15, -0.1) is 6.58 Å². The maximum atomic E-state index is 14.1. The number of nitrogens with one attached hydrogen (secondary N) is 1. The number of amidine groups is 1. The molecule has 2 aromatic rings. The molecule has 2 aromatic carbocycles. The normalized spacial score (nSPS) is 19.1. The summed E-state index contributed by atoms with van der Waals surface area (Å²) in [5.41, 5.74) is -3.49. The molecule has 2 amide bonds. The number of hydrogen-bond donors (Lipinski definition) is 1. The number of carbonyl (C=O) groups excluding carboxylic acids is 2. The van der Waals surface area contributed by atoms with Crippen LogP contribution in [0.3, 0.4) is 0 Å². The molecule has 0 bridgehead atoms. The van der Waals surface area contributed by atoms with Crippen LogP contribution in [0.15, 0.2) is 72.2 Å². The summed E-state index contributed by atoms with van der Waals surface area (Å²) in [5.74, 6) is -3.58. The topological polar surface area (TPSA) is 61.8 Å². The molecule has 0 spiro atoms. The van der Waals surface area contributed by atoms with E-state index >= 15 is 0 Å². The van der Waals surface area contributed by atoms with Crippen molar-refractivity contribution in [1.82, 2.24) is 10.2 Å². The van der Waals surface area contributed by atoms with Gasteiger partial charge in [0.1, 0.15) is 11.7 Å². The van der Waals surface area contributed by atoms with E-state index in [4.69, 9.17) is 0 Å². The van der Waals surface area contributed by atoms with Crippen LogP contribution in [0.5, 0.6) is 0 Å². The molecule has 1 heterocycles. The third-order valence-corrected chi connectivity index (χ3v) is 4.24. The van der Waals surface area contributed by atoms with Gasteiger partial charge in [-0.3, -0.25) is 14.5 Å². The predicted octanol–water partition coefficient (Wildman–Crippen LogP) is 3.29. The van der Waals surface area contributed by atoms with Crippen molar-refractivity contribution in [2.24, 2.45) is 4.99 Å².